The molecule has 0 spiro atoms. The molecule has 31 heavy (non-hydrogen) atoms. The van der Waals surface area contributed by atoms with Crippen LogP contribution < -0.4 is 9.47 Å². The molecule has 0 saturated heterocycles. The van der Waals surface area contributed by atoms with Gasteiger partial charge in [-0.05, 0) is 41.8 Å². The predicted octanol–water partition coefficient (Wildman–Crippen LogP) is 4.03. The number of benzene rings is 2. The SMILES string of the molecule is C[C@@H](Cc1ccc2c(c1)OCO2)c1cc(C(=O)N(C)Cc2ccc3nsnc3c2)on1. The summed E-state index contributed by atoms with van der Waals surface area (Å²) in [6, 6.07) is 13.4. The highest BCUT2D eigenvalue weighted by molar-refractivity contribution is 7.00. The van der Waals surface area contributed by atoms with E-state index >= 15 is 0 Å². The number of fused-ring (bicyclic) bond motifs is 2. The van der Waals surface area contributed by atoms with E-state index in [-0.39, 0.29) is 24.4 Å². The summed E-state index contributed by atoms with van der Waals surface area (Å²) in [5, 5.41) is 4.13. The highest BCUT2D eigenvalue weighted by Gasteiger charge is 2.21. The van der Waals surface area contributed by atoms with Crippen LogP contribution in [-0.4, -0.2) is 38.6 Å². The molecule has 2 aromatic carbocycles. The lowest BCUT2D eigenvalue weighted by Crippen LogP contribution is -2.25. The largest absolute Gasteiger partial charge is 0.454 e. The van der Waals surface area contributed by atoms with Gasteiger partial charge in [-0.15, -0.1) is 0 Å². The lowest BCUT2D eigenvalue weighted by molar-refractivity contribution is 0.0743. The number of nitrogens with zero attached hydrogens (tertiary/aromatic N) is 4. The van der Waals surface area contributed by atoms with Crippen LogP contribution in [0.2, 0.25) is 0 Å². The molecule has 5 rings (SSSR count). The van der Waals surface area contributed by atoms with Crippen LogP contribution >= 0.6 is 11.7 Å². The van der Waals surface area contributed by atoms with E-state index in [0.29, 0.717) is 6.54 Å². The zero-order valence-electron chi connectivity index (χ0n) is 17.1. The molecule has 2 aromatic heterocycles. The third-order valence-electron chi connectivity index (χ3n) is 5.31. The molecule has 0 fully saturated rings. The van der Waals surface area contributed by atoms with Crippen molar-refractivity contribution < 1.29 is 18.8 Å². The van der Waals surface area contributed by atoms with Crippen LogP contribution in [0.25, 0.3) is 11.0 Å². The van der Waals surface area contributed by atoms with Crippen molar-refractivity contribution in [1.82, 2.24) is 18.8 Å². The van der Waals surface area contributed by atoms with Crippen molar-refractivity contribution in [3.05, 3.63) is 65.0 Å². The van der Waals surface area contributed by atoms with Gasteiger partial charge in [0.1, 0.15) is 11.0 Å². The normalized spacial score (nSPS) is 13.5. The molecule has 0 aliphatic carbocycles. The van der Waals surface area contributed by atoms with Crippen LogP contribution in [0.4, 0.5) is 0 Å². The Morgan fingerprint density at radius 2 is 1.87 bits per heavy atom. The highest BCUT2D eigenvalue weighted by atomic mass is 32.1. The van der Waals surface area contributed by atoms with E-state index in [1.807, 2.05) is 36.4 Å². The van der Waals surface area contributed by atoms with Crippen molar-refractivity contribution in [2.24, 2.45) is 0 Å². The minimum absolute atomic E-state index is 0.0792. The van der Waals surface area contributed by atoms with Gasteiger partial charge in [0.15, 0.2) is 11.5 Å². The summed E-state index contributed by atoms with van der Waals surface area (Å²) < 4.78 is 24.6. The van der Waals surface area contributed by atoms with Gasteiger partial charge in [0, 0.05) is 25.6 Å². The first-order chi connectivity index (χ1) is 15.1. The molecule has 1 aliphatic heterocycles. The number of aromatic nitrogens is 3. The van der Waals surface area contributed by atoms with Crippen LogP contribution in [0.1, 0.15) is 40.2 Å². The van der Waals surface area contributed by atoms with Gasteiger partial charge in [0.05, 0.1) is 17.4 Å². The molecule has 0 N–H and O–H groups in total. The van der Waals surface area contributed by atoms with E-state index in [4.69, 9.17) is 14.0 Å². The second-order valence-electron chi connectivity index (χ2n) is 7.66. The number of amides is 1. The van der Waals surface area contributed by atoms with Crippen molar-refractivity contribution in [3.8, 4) is 11.5 Å². The van der Waals surface area contributed by atoms with Crippen LogP contribution in [0, 0.1) is 0 Å². The maximum atomic E-state index is 12.8. The third-order valence-corrected chi connectivity index (χ3v) is 5.86. The molecule has 0 bridgehead atoms. The van der Waals surface area contributed by atoms with Gasteiger partial charge in [-0.3, -0.25) is 4.79 Å². The summed E-state index contributed by atoms with van der Waals surface area (Å²) in [5.74, 6) is 1.61. The number of ether oxygens (including phenoxy) is 2. The van der Waals surface area contributed by atoms with Crippen LogP contribution in [-0.2, 0) is 13.0 Å². The van der Waals surface area contributed by atoms with Crippen molar-refractivity contribution >= 4 is 28.7 Å². The Morgan fingerprint density at radius 1 is 1.06 bits per heavy atom. The van der Waals surface area contributed by atoms with Gasteiger partial charge in [-0.1, -0.05) is 24.2 Å². The Labute approximate surface area is 182 Å². The first-order valence-electron chi connectivity index (χ1n) is 9.88. The Balaban J connectivity index is 1.24. The fraction of sp³-hybridized carbons (Fsp3) is 0.273. The Kier molecular flexibility index (Phi) is 5.03. The fourth-order valence-corrected chi connectivity index (χ4v) is 4.13. The number of carbonyl (C=O) groups is 1. The summed E-state index contributed by atoms with van der Waals surface area (Å²) in [4.78, 5) is 14.4. The summed E-state index contributed by atoms with van der Waals surface area (Å²) in [6.07, 6.45) is 0.744. The minimum atomic E-state index is -0.217. The summed E-state index contributed by atoms with van der Waals surface area (Å²) >= 11 is 1.18. The highest BCUT2D eigenvalue weighted by Crippen LogP contribution is 2.34. The van der Waals surface area contributed by atoms with E-state index < -0.39 is 0 Å². The average Bonchev–Trinajstić information content (AvgIpc) is 3.52. The first-order valence-corrected chi connectivity index (χ1v) is 10.6. The smallest absolute Gasteiger partial charge is 0.292 e. The zero-order valence-corrected chi connectivity index (χ0v) is 17.9. The standard InChI is InChI=1S/C22H20N4O4S/c1-13(7-14-4-6-19-20(9-14)29-12-28-19)17-10-21(30-23-17)22(27)26(2)11-15-3-5-16-18(8-15)25-31-24-16/h3-6,8-10,13H,7,11-12H2,1-2H3/t13-/m0/s1. The molecule has 158 valence electrons. The average molecular weight is 436 g/mol. The van der Waals surface area contributed by atoms with E-state index in [1.165, 1.54) is 11.7 Å². The fourth-order valence-electron chi connectivity index (χ4n) is 3.61. The summed E-state index contributed by atoms with van der Waals surface area (Å²) in [6.45, 7) is 2.75. The van der Waals surface area contributed by atoms with Crippen molar-refractivity contribution in [1.29, 1.82) is 0 Å². The molecule has 0 radical (unpaired) electrons. The summed E-state index contributed by atoms with van der Waals surface area (Å²) in [7, 11) is 1.74. The molecular weight excluding hydrogens is 416 g/mol. The van der Waals surface area contributed by atoms with Gasteiger partial charge < -0.3 is 18.9 Å². The number of hydrogen-bond acceptors (Lipinski definition) is 8. The second-order valence-corrected chi connectivity index (χ2v) is 8.19. The molecule has 4 aromatic rings. The van der Waals surface area contributed by atoms with Crippen molar-refractivity contribution in [2.45, 2.75) is 25.8 Å². The van der Waals surface area contributed by atoms with Gasteiger partial charge in [-0.2, -0.15) is 8.75 Å². The van der Waals surface area contributed by atoms with Crippen LogP contribution in [0.5, 0.6) is 11.5 Å². The molecule has 3 heterocycles. The molecule has 1 aliphatic rings. The number of rotatable bonds is 6. The van der Waals surface area contributed by atoms with E-state index in [0.717, 1.165) is 45.8 Å². The maximum absolute atomic E-state index is 12.8. The molecule has 9 heteroatoms. The lowest BCUT2D eigenvalue weighted by Gasteiger charge is -2.15. The van der Waals surface area contributed by atoms with Gasteiger partial charge in [0.25, 0.3) is 5.91 Å². The van der Waals surface area contributed by atoms with Crippen LogP contribution in [0.15, 0.2) is 47.0 Å². The van der Waals surface area contributed by atoms with Gasteiger partial charge in [0.2, 0.25) is 12.6 Å². The monoisotopic (exact) mass is 436 g/mol. The molecule has 1 atom stereocenters. The Morgan fingerprint density at radius 3 is 2.77 bits per heavy atom. The quantitative estimate of drug-likeness (QED) is 0.451. The summed E-state index contributed by atoms with van der Waals surface area (Å²) in [5.41, 5.74) is 4.52. The number of hydrogen-bond donors (Lipinski definition) is 0. The van der Waals surface area contributed by atoms with Crippen molar-refractivity contribution in [3.63, 3.8) is 0 Å². The number of carbonyl (C=O) groups excluding carboxylic acids is 1. The third kappa shape index (κ3) is 3.96. The van der Waals surface area contributed by atoms with Crippen molar-refractivity contribution in [2.75, 3.05) is 13.8 Å². The van der Waals surface area contributed by atoms with E-state index in [1.54, 1.807) is 18.0 Å². The molecular formula is C22H20N4O4S. The topological polar surface area (TPSA) is 90.6 Å². The predicted molar refractivity (Wildman–Crippen MR) is 114 cm³/mol. The van der Waals surface area contributed by atoms with Gasteiger partial charge >= 0.3 is 0 Å². The molecule has 1 amide bonds. The molecule has 0 unspecified atom stereocenters. The van der Waals surface area contributed by atoms with E-state index in [9.17, 15) is 4.79 Å². The lowest BCUT2D eigenvalue weighted by atomic mass is 9.97. The molecule has 0 saturated carbocycles. The zero-order chi connectivity index (χ0) is 21.4. The van der Waals surface area contributed by atoms with E-state index in [2.05, 4.69) is 20.8 Å². The Hall–Kier alpha value is -3.46. The minimum Gasteiger partial charge on any atom is -0.454 e. The van der Waals surface area contributed by atoms with Crippen LogP contribution in [0.3, 0.4) is 0 Å². The molecule has 8 nitrogen and oxygen atoms in total. The Bertz CT molecular complexity index is 1250. The first kappa shape index (κ1) is 19.5. The maximum Gasteiger partial charge on any atom is 0.292 e. The van der Waals surface area contributed by atoms with Gasteiger partial charge in [-0.25, -0.2) is 0 Å². The second kappa shape index (κ2) is 7.99.